The third kappa shape index (κ3) is 1.19. The van der Waals surface area contributed by atoms with E-state index in [9.17, 15) is 10.0 Å². The molecule has 18 heavy (non-hydrogen) atoms. The predicted molar refractivity (Wildman–Crippen MR) is 63.5 cm³/mol. The van der Waals surface area contributed by atoms with E-state index in [2.05, 4.69) is 10.1 Å². The van der Waals surface area contributed by atoms with Crippen molar-refractivity contribution in [1.82, 2.24) is 19.7 Å². The van der Waals surface area contributed by atoms with Crippen molar-refractivity contribution in [3.63, 3.8) is 0 Å². The van der Waals surface area contributed by atoms with Crippen LogP contribution < -0.4 is 0 Å². The molecule has 0 unspecified atom stereocenters. The van der Waals surface area contributed by atoms with Gasteiger partial charge in [0, 0.05) is 25.4 Å². The molecule has 96 valence electrons. The minimum Gasteiger partial charge on any atom is -0.306 e. The number of fused-ring (bicyclic) bond motifs is 4. The maximum absolute atomic E-state index is 12.0. The number of urea groups is 1. The molecule has 0 spiro atoms. The van der Waals surface area contributed by atoms with E-state index in [4.69, 9.17) is 0 Å². The zero-order chi connectivity index (χ0) is 13.0. The Balaban J connectivity index is 2.21. The minimum atomic E-state index is -0.371. The second kappa shape index (κ2) is 3.55. The molecule has 1 aromatic rings. The van der Waals surface area contributed by atoms with Gasteiger partial charge in [-0.2, -0.15) is 10.2 Å². The molecule has 1 saturated heterocycles. The van der Waals surface area contributed by atoms with E-state index in [0.717, 1.165) is 22.0 Å². The number of aryl methyl sites for hydroxylation is 1. The lowest BCUT2D eigenvalue weighted by Crippen LogP contribution is -2.38. The second-order valence-electron chi connectivity index (χ2n) is 4.67. The molecule has 1 N–H and O–H groups in total. The fraction of sp³-hybridized carbons (Fsp3) is 0.545. The lowest BCUT2D eigenvalue weighted by atomic mass is 9.95. The van der Waals surface area contributed by atoms with Gasteiger partial charge in [0.1, 0.15) is 12.1 Å². The van der Waals surface area contributed by atoms with Gasteiger partial charge in [-0.05, 0) is 6.92 Å². The number of aromatic nitrogens is 2. The second-order valence-corrected chi connectivity index (χ2v) is 4.67. The Kier molecular flexibility index (Phi) is 2.21. The highest BCUT2D eigenvalue weighted by Gasteiger charge is 2.49. The summed E-state index contributed by atoms with van der Waals surface area (Å²) >= 11 is 0. The van der Waals surface area contributed by atoms with Crippen LogP contribution >= 0.6 is 0 Å². The molecule has 7 heteroatoms. The summed E-state index contributed by atoms with van der Waals surface area (Å²) < 4.78 is 1.75. The molecule has 2 bridgehead atoms. The maximum Gasteiger partial charge on any atom is 0.345 e. The highest BCUT2D eigenvalue weighted by atomic mass is 16.5. The molecular weight excluding hydrogens is 234 g/mol. The van der Waals surface area contributed by atoms with E-state index in [1.165, 1.54) is 0 Å². The summed E-state index contributed by atoms with van der Waals surface area (Å²) in [6, 6.07) is -0.926. The van der Waals surface area contributed by atoms with Crippen LogP contribution in [0, 0.1) is 0 Å². The van der Waals surface area contributed by atoms with Gasteiger partial charge in [-0.1, -0.05) is 0 Å². The van der Waals surface area contributed by atoms with Gasteiger partial charge in [-0.25, -0.2) is 4.79 Å². The molecule has 3 heterocycles. The number of hydroxylamine groups is 2. The monoisotopic (exact) mass is 249 g/mol. The third-order valence-electron chi connectivity index (χ3n) is 3.80. The molecule has 1 fully saturated rings. The topological polar surface area (TPSA) is 74.0 Å². The first-order chi connectivity index (χ1) is 8.56. The van der Waals surface area contributed by atoms with Crippen molar-refractivity contribution >= 4 is 11.7 Å². The Bertz CT molecular complexity index is 550. The summed E-state index contributed by atoms with van der Waals surface area (Å²) in [6.45, 7) is 2.36. The van der Waals surface area contributed by atoms with E-state index >= 15 is 0 Å². The number of nitrogens with zero attached hydrogens (tertiary/aromatic N) is 5. The summed E-state index contributed by atoms with van der Waals surface area (Å²) in [6.07, 6.45) is 1.72. The van der Waals surface area contributed by atoms with Crippen molar-refractivity contribution in [3.05, 3.63) is 17.5 Å². The predicted octanol–water partition coefficient (Wildman–Crippen LogP) is 0.733. The van der Waals surface area contributed by atoms with Gasteiger partial charge < -0.3 is 4.90 Å². The van der Waals surface area contributed by atoms with E-state index in [0.29, 0.717) is 6.54 Å². The number of carbonyl (C=O) groups excluding carboxylic acids is 1. The molecule has 0 saturated carbocycles. The number of rotatable bonds is 1. The van der Waals surface area contributed by atoms with Gasteiger partial charge in [-0.15, -0.1) is 0 Å². The summed E-state index contributed by atoms with van der Waals surface area (Å²) in [5.74, 6) is 0. The largest absolute Gasteiger partial charge is 0.345 e. The summed E-state index contributed by atoms with van der Waals surface area (Å²) in [5, 5.41) is 14.9. The molecule has 3 rings (SSSR count). The van der Waals surface area contributed by atoms with Gasteiger partial charge >= 0.3 is 6.03 Å². The lowest BCUT2D eigenvalue weighted by Gasteiger charge is -2.31. The van der Waals surface area contributed by atoms with Crippen molar-refractivity contribution in [2.75, 3.05) is 13.6 Å². The minimum absolute atomic E-state index is 0.238. The van der Waals surface area contributed by atoms with E-state index in [1.807, 2.05) is 14.0 Å². The van der Waals surface area contributed by atoms with Crippen molar-refractivity contribution in [2.45, 2.75) is 19.0 Å². The summed E-state index contributed by atoms with van der Waals surface area (Å²) in [7, 11) is 3.54. The Morgan fingerprint density at radius 3 is 3.00 bits per heavy atom. The molecule has 2 aliphatic rings. The van der Waals surface area contributed by atoms with E-state index in [-0.39, 0.29) is 18.1 Å². The van der Waals surface area contributed by atoms with Gasteiger partial charge in [-0.3, -0.25) is 14.9 Å². The number of aliphatic imine (C=N–C) groups is 1. The van der Waals surface area contributed by atoms with E-state index < -0.39 is 0 Å². The standard InChI is InChI=1S/C11H15N5O2/c1-6(12-2)9-10-7(4-13-14(10)3)8-5-15(9)11(17)16(8)18/h4,8-9,18H,5H2,1-3H3/t8-,9+/m0/s1. The fourth-order valence-electron chi connectivity index (χ4n) is 2.80. The van der Waals surface area contributed by atoms with Crippen LogP contribution in [0.2, 0.25) is 0 Å². The average molecular weight is 249 g/mol. The first-order valence-electron chi connectivity index (χ1n) is 5.80. The van der Waals surface area contributed by atoms with Crippen LogP contribution in [0.1, 0.15) is 30.3 Å². The molecule has 7 nitrogen and oxygen atoms in total. The Hall–Kier alpha value is -1.89. The number of hydrogen-bond acceptors (Lipinski definition) is 4. The Morgan fingerprint density at radius 2 is 2.33 bits per heavy atom. The molecule has 2 atom stereocenters. The molecular formula is C11H15N5O2. The van der Waals surface area contributed by atoms with E-state index in [1.54, 1.807) is 22.8 Å². The van der Waals surface area contributed by atoms with Gasteiger partial charge in [0.15, 0.2) is 0 Å². The molecule has 1 aromatic heterocycles. The van der Waals surface area contributed by atoms with Crippen molar-refractivity contribution < 1.29 is 10.0 Å². The average Bonchev–Trinajstić information content (AvgIpc) is 2.86. The van der Waals surface area contributed by atoms with Crippen molar-refractivity contribution in [3.8, 4) is 0 Å². The van der Waals surface area contributed by atoms with Crippen molar-refractivity contribution in [1.29, 1.82) is 0 Å². The Morgan fingerprint density at radius 1 is 1.61 bits per heavy atom. The quantitative estimate of drug-likeness (QED) is 0.589. The van der Waals surface area contributed by atoms with Crippen LogP contribution in [0.3, 0.4) is 0 Å². The third-order valence-corrected chi connectivity index (χ3v) is 3.80. The SMILES string of the molecule is CN=C(C)[C@@H]1c2c(cnn2C)[C@@H]2CN1C(=O)N2O. The number of amides is 2. The molecule has 0 aliphatic carbocycles. The normalized spacial score (nSPS) is 26.9. The maximum atomic E-state index is 12.0. The zero-order valence-electron chi connectivity index (χ0n) is 10.5. The van der Waals surface area contributed by atoms with Crippen LogP contribution in [0.25, 0.3) is 0 Å². The molecule has 0 aromatic carbocycles. The summed E-state index contributed by atoms with van der Waals surface area (Å²) in [4.78, 5) is 17.8. The van der Waals surface area contributed by atoms with Crippen molar-refractivity contribution in [2.24, 2.45) is 12.0 Å². The zero-order valence-corrected chi connectivity index (χ0v) is 10.5. The highest BCUT2D eigenvalue weighted by molar-refractivity contribution is 5.93. The first kappa shape index (κ1) is 11.2. The fourth-order valence-corrected chi connectivity index (χ4v) is 2.80. The summed E-state index contributed by atoms with van der Waals surface area (Å²) in [5.41, 5.74) is 2.66. The number of carbonyl (C=O) groups is 1. The smallest absolute Gasteiger partial charge is 0.306 e. The van der Waals surface area contributed by atoms with Crippen LogP contribution in [0.15, 0.2) is 11.2 Å². The number of hydrogen-bond donors (Lipinski definition) is 1. The Labute approximate surface area is 104 Å². The molecule has 0 radical (unpaired) electrons. The molecule has 2 aliphatic heterocycles. The highest BCUT2D eigenvalue weighted by Crippen LogP contribution is 2.42. The van der Waals surface area contributed by atoms with Crippen LogP contribution in [0.5, 0.6) is 0 Å². The van der Waals surface area contributed by atoms with Crippen LogP contribution in [0.4, 0.5) is 4.79 Å². The lowest BCUT2D eigenvalue weighted by molar-refractivity contribution is -0.0586. The van der Waals surface area contributed by atoms with Gasteiger partial charge in [0.25, 0.3) is 0 Å². The molecule has 2 amide bonds. The van der Waals surface area contributed by atoms with Crippen LogP contribution in [-0.4, -0.2) is 50.3 Å². The van der Waals surface area contributed by atoms with Gasteiger partial charge in [0.05, 0.1) is 18.4 Å². The van der Waals surface area contributed by atoms with Gasteiger partial charge in [0.2, 0.25) is 0 Å². The van der Waals surface area contributed by atoms with Crippen LogP contribution in [-0.2, 0) is 7.05 Å². The first-order valence-corrected chi connectivity index (χ1v) is 5.80.